The van der Waals surface area contributed by atoms with Crippen molar-refractivity contribution in [2.24, 2.45) is 0 Å². The Kier molecular flexibility index (Phi) is 5.68. The van der Waals surface area contributed by atoms with E-state index in [0.717, 1.165) is 58.4 Å². The lowest BCUT2D eigenvalue weighted by Gasteiger charge is -2.44. The summed E-state index contributed by atoms with van der Waals surface area (Å²) in [6.45, 7) is 12.3. The number of nitrogens with one attached hydrogen (secondary N) is 1. The van der Waals surface area contributed by atoms with Crippen LogP contribution in [0.3, 0.4) is 0 Å². The third-order valence-electron chi connectivity index (χ3n) is 5.12. The van der Waals surface area contributed by atoms with Gasteiger partial charge in [-0.2, -0.15) is 0 Å². The molecule has 1 aliphatic heterocycles. The second-order valence-electron chi connectivity index (χ2n) is 7.01. The van der Waals surface area contributed by atoms with Crippen LogP contribution in [0.5, 0.6) is 0 Å². The van der Waals surface area contributed by atoms with Crippen molar-refractivity contribution in [1.82, 2.24) is 14.5 Å². The average Bonchev–Trinajstić information content (AvgIpc) is 3.01. The molecule has 2 rings (SSSR count). The van der Waals surface area contributed by atoms with Gasteiger partial charge in [0.2, 0.25) is 10.0 Å². The van der Waals surface area contributed by atoms with E-state index in [0.29, 0.717) is 6.54 Å². The van der Waals surface area contributed by atoms with Gasteiger partial charge in [0.1, 0.15) is 0 Å². The zero-order valence-electron chi connectivity index (χ0n) is 13.8. The highest BCUT2D eigenvalue weighted by molar-refractivity contribution is 7.90. The quantitative estimate of drug-likeness (QED) is 0.801. The van der Waals surface area contributed by atoms with E-state index in [1.54, 1.807) is 0 Å². The zero-order chi connectivity index (χ0) is 15.5. The van der Waals surface area contributed by atoms with Crippen molar-refractivity contribution in [3.8, 4) is 0 Å². The lowest BCUT2D eigenvalue weighted by molar-refractivity contribution is 0.0571. The van der Waals surface area contributed by atoms with Gasteiger partial charge in [0.05, 0.1) is 5.25 Å². The minimum atomic E-state index is -3.13. The van der Waals surface area contributed by atoms with Gasteiger partial charge in [-0.25, -0.2) is 13.1 Å². The Balaban J connectivity index is 1.86. The van der Waals surface area contributed by atoms with Crippen molar-refractivity contribution in [3.63, 3.8) is 0 Å². The normalized spacial score (nSPS) is 23.8. The highest BCUT2D eigenvalue weighted by atomic mass is 32.2. The van der Waals surface area contributed by atoms with E-state index in [1.165, 1.54) is 0 Å². The molecule has 1 saturated carbocycles. The van der Waals surface area contributed by atoms with Gasteiger partial charge in [-0.05, 0) is 33.2 Å². The Bertz CT molecular complexity index is 422. The second kappa shape index (κ2) is 6.94. The number of piperazine rings is 1. The van der Waals surface area contributed by atoms with E-state index in [1.807, 2.05) is 0 Å². The van der Waals surface area contributed by atoms with Crippen molar-refractivity contribution >= 4 is 10.0 Å². The minimum absolute atomic E-state index is 0.120. The fourth-order valence-corrected chi connectivity index (χ4v) is 5.12. The standard InChI is InChI=1S/C15H31N3O2S/c1-4-17-9-11-18(12-10-17)15(2,3)13-16-21(19,20)14-7-5-6-8-14/h14,16H,4-13H2,1-3H3. The van der Waals surface area contributed by atoms with Crippen LogP contribution in [0.1, 0.15) is 46.5 Å². The fraction of sp³-hybridized carbons (Fsp3) is 1.00. The van der Waals surface area contributed by atoms with Gasteiger partial charge in [0, 0.05) is 38.3 Å². The first-order valence-corrected chi connectivity index (χ1v) is 9.85. The van der Waals surface area contributed by atoms with Crippen LogP contribution in [0.15, 0.2) is 0 Å². The highest BCUT2D eigenvalue weighted by Crippen LogP contribution is 2.24. The Morgan fingerprint density at radius 2 is 1.67 bits per heavy atom. The molecule has 0 aromatic carbocycles. The molecule has 6 heteroatoms. The molecule has 0 aromatic heterocycles. The number of hydrogen-bond donors (Lipinski definition) is 1. The van der Waals surface area contributed by atoms with E-state index in [4.69, 9.17) is 0 Å². The van der Waals surface area contributed by atoms with Crippen LogP contribution in [0.4, 0.5) is 0 Å². The zero-order valence-corrected chi connectivity index (χ0v) is 14.6. The molecule has 21 heavy (non-hydrogen) atoms. The van der Waals surface area contributed by atoms with Crippen LogP contribution in [0, 0.1) is 0 Å². The van der Waals surface area contributed by atoms with E-state index >= 15 is 0 Å². The van der Waals surface area contributed by atoms with Gasteiger partial charge in [0.15, 0.2) is 0 Å². The topological polar surface area (TPSA) is 52.6 Å². The van der Waals surface area contributed by atoms with Crippen LogP contribution in [0.25, 0.3) is 0 Å². The average molecular weight is 317 g/mol. The number of sulfonamides is 1. The molecule has 124 valence electrons. The van der Waals surface area contributed by atoms with Crippen LogP contribution >= 0.6 is 0 Å². The highest BCUT2D eigenvalue weighted by Gasteiger charge is 2.33. The van der Waals surface area contributed by atoms with Gasteiger partial charge >= 0.3 is 0 Å². The van der Waals surface area contributed by atoms with Gasteiger partial charge in [0.25, 0.3) is 0 Å². The molecule has 0 amide bonds. The van der Waals surface area contributed by atoms with Crippen molar-refractivity contribution in [2.45, 2.75) is 57.2 Å². The molecule has 0 radical (unpaired) electrons. The molecule has 1 heterocycles. The van der Waals surface area contributed by atoms with E-state index in [-0.39, 0.29) is 10.8 Å². The molecule has 2 fully saturated rings. The molecule has 1 saturated heterocycles. The fourth-order valence-electron chi connectivity index (χ4n) is 3.37. The molecule has 2 aliphatic rings. The van der Waals surface area contributed by atoms with Crippen LogP contribution in [-0.2, 0) is 10.0 Å². The largest absolute Gasteiger partial charge is 0.301 e. The van der Waals surface area contributed by atoms with Gasteiger partial charge in [-0.15, -0.1) is 0 Å². The predicted octanol–water partition coefficient (Wildman–Crippen LogP) is 1.26. The number of hydrogen-bond acceptors (Lipinski definition) is 4. The lowest BCUT2D eigenvalue weighted by atomic mass is 10.0. The van der Waals surface area contributed by atoms with Gasteiger partial charge in [-0.3, -0.25) is 4.90 Å². The van der Waals surface area contributed by atoms with Crippen molar-refractivity contribution < 1.29 is 8.42 Å². The number of rotatable bonds is 6. The predicted molar refractivity (Wildman–Crippen MR) is 86.9 cm³/mol. The molecule has 1 N–H and O–H groups in total. The molecule has 0 spiro atoms. The lowest BCUT2D eigenvalue weighted by Crippen LogP contribution is -2.58. The number of nitrogens with zero attached hydrogens (tertiary/aromatic N) is 2. The summed E-state index contributed by atoms with van der Waals surface area (Å²) in [5.74, 6) is 0. The summed E-state index contributed by atoms with van der Waals surface area (Å²) in [7, 11) is -3.13. The third-order valence-corrected chi connectivity index (χ3v) is 7.02. The summed E-state index contributed by atoms with van der Waals surface area (Å²) in [5.41, 5.74) is -0.120. The van der Waals surface area contributed by atoms with E-state index in [9.17, 15) is 8.42 Å². The molecule has 0 bridgehead atoms. The van der Waals surface area contributed by atoms with E-state index in [2.05, 4.69) is 35.3 Å². The molecule has 5 nitrogen and oxygen atoms in total. The Morgan fingerprint density at radius 1 is 1.10 bits per heavy atom. The van der Waals surface area contributed by atoms with Crippen LogP contribution in [0.2, 0.25) is 0 Å². The summed E-state index contributed by atoms with van der Waals surface area (Å²) < 4.78 is 27.5. The SMILES string of the molecule is CCN1CCN(C(C)(C)CNS(=O)(=O)C2CCCC2)CC1. The molecule has 0 unspecified atom stereocenters. The first-order chi connectivity index (χ1) is 9.85. The van der Waals surface area contributed by atoms with E-state index < -0.39 is 10.0 Å². The molecule has 0 aromatic rings. The third kappa shape index (κ3) is 4.41. The minimum Gasteiger partial charge on any atom is -0.301 e. The Labute approximate surface area is 130 Å². The summed E-state index contributed by atoms with van der Waals surface area (Å²) >= 11 is 0. The number of likely N-dealkylation sites (N-methyl/N-ethyl adjacent to an activating group) is 1. The smallest absolute Gasteiger partial charge is 0.214 e. The van der Waals surface area contributed by atoms with Crippen LogP contribution < -0.4 is 4.72 Å². The molecular formula is C15H31N3O2S. The van der Waals surface area contributed by atoms with Gasteiger partial charge < -0.3 is 4.90 Å². The van der Waals surface area contributed by atoms with Crippen molar-refractivity contribution in [2.75, 3.05) is 39.3 Å². The molecule has 0 atom stereocenters. The summed E-state index contributed by atoms with van der Waals surface area (Å²) in [6, 6.07) is 0. The summed E-state index contributed by atoms with van der Waals surface area (Å²) in [6.07, 6.45) is 3.75. The second-order valence-corrected chi connectivity index (χ2v) is 9.05. The first kappa shape index (κ1) is 17.2. The Morgan fingerprint density at radius 3 is 2.19 bits per heavy atom. The maximum absolute atomic E-state index is 12.3. The summed E-state index contributed by atoms with van der Waals surface area (Å²) in [4.78, 5) is 4.85. The van der Waals surface area contributed by atoms with Crippen LogP contribution in [-0.4, -0.2) is 68.3 Å². The first-order valence-electron chi connectivity index (χ1n) is 8.31. The molecular weight excluding hydrogens is 286 g/mol. The van der Waals surface area contributed by atoms with Gasteiger partial charge in [-0.1, -0.05) is 19.8 Å². The maximum atomic E-state index is 12.3. The van der Waals surface area contributed by atoms with Crippen molar-refractivity contribution in [1.29, 1.82) is 0 Å². The summed E-state index contributed by atoms with van der Waals surface area (Å²) in [5, 5.41) is -0.162. The Hall–Kier alpha value is -0.170. The van der Waals surface area contributed by atoms with Crippen molar-refractivity contribution in [3.05, 3.63) is 0 Å². The monoisotopic (exact) mass is 317 g/mol. The maximum Gasteiger partial charge on any atom is 0.214 e. The molecule has 1 aliphatic carbocycles.